The van der Waals surface area contributed by atoms with Crippen molar-refractivity contribution in [2.24, 2.45) is 52.3 Å². The summed E-state index contributed by atoms with van der Waals surface area (Å²) >= 11 is 0. The lowest BCUT2D eigenvalue weighted by molar-refractivity contribution is -0.117. The summed E-state index contributed by atoms with van der Waals surface area (Å²) in [7, 11) is -3.10. The molecule has 186 valence electrons. The molecule has 3 nitrogen and oxygen atoms in total. The first-order valence-electron chi connectivity index (χ1n) is 13.9. The number of sulfonamides is 1. The average molecular weight is 466 g/mol. The molecule has 0 bridgehead atoms. The number of rotatable bonds is 7. The maximum Gasteiger partial charge on any atom is 0.208 e. The third-order valence-electron chi connectivity index (χ3n) is 11.2. The second-order valence-electron chi connectivity index (χ2n) is 13.5. The molecular weight excluding hydrogens is 414 g/mol. The van der Waals surface area contributed by atoms with Gasteiger partial charge in [-0.15, -0.1) is 0 Å². The normalized spacial score (nSPS) is 45.2. The fraction of sp³-hybridized carbons (Fsp3) is 1.00. The van der Waals surface area contributed by atoms with E-state index in [1.165, 1.54) is 70.5 Å². The van der Waals surface area contributed by atoms with Gasteiger partial charge in [0.2, 0.25) is 10.0 Å². The van der Waals surface area contributed by atoms with Crippen molar-refractivity contribution in [1.82, 2.24) is 4.72 Å². The van der Waals surface area contributed by atoms with E-state index in [-0.39, 0.29) is 6.04 Å². The van der Waals surface area contributed by atoms with Crippen LogP contribution in [0.1, 0.15) is 112 Å². The first-order chi connectivity index (χ1) is 14.9. The van der Waals surface area contributed by atoms with E-state index in [1.54, 1.807) is 0 Å². The van der Waals surface area contributed by atoms with Crippen LogP contribution in [-0.4, -0.2) is 20.7 Å². The zero-order chi connectivity index (χ0) is 23.3. The largest absolute Gasteiger partial charge is 0.213 e. The van der Waals surface area contributed by atoms with E-state index >= 15 is 0 Å². The molecule has 0 aromatic heterocycles. The number of nitrogens with one attached hydrogen (secondary N) is 1. The average Bonchev–Trinajstić information content (AvgIpc) is 3.04. The van der Waals surface area contributed by atoms with Gasteiger partial charge in [0.05, 0.1) is 6.26 Å². The van der Waals surface area contributed by atoms with Crippen molar-refractivity contribution >= 4 is 10.0 Å². The molecule has 0 unspecified atom stereocenters. The van der Waals surface area contributed by atoms with Gasteiger partial charge >= 0.3 is 0 Å². The zero-order valence-corrected chi connectivity index (χ0v) is 22.6. The van der Waals surface area contributed by atoms with Crippen LogP contribution in [-0.2, 0) is 10.0 Å². The molecule has 32 heavy (non-hydrogen) atoms. The maximum absolute atomic E-state index is 11.8. The number of hydrogen-bond donors (Lipinski definition) is 1. The lowest BCUT2D eigenvalue weighted by Crippen LogP contribution is -2.55. The first-order valence-corrected chi connectivity index (χ1v) is 15.8. The van der Waals surface area contributed by atoms with E-state index in [9.17, 15) is 8.42 Å². The van der Waals surface area contributed by atoms with Crippen LogP contribution < -0.4 is 4.72 Å². The molecule has 0 radical (unpaired) electrons. The van der Waals surface area contributed by atoms with Crippen LogP contribution in [0.25, 0.3) is 0 Å². The molecule has 1 N–H and O–H groups in total. The summed E-state index contributed by atoms with van der Waals surface area (Å²) < 4.78 is 26.5. The molecule has 4 fully saturated rings. The maximum atomic E-state index is 11.8. The number of hydrogen-bond acceptors (Lipinski definition) is 2. The Kier molecular flexibility index (Phi) is 7.17. The lowest BCUT2D eigenvalue weighted by atomic mass is 9.44. The van der Waals surface area contributed by atoms with Crippen molar-refractivity contribution in [3.63, 3.8) is 0 Å². The molecule has 0 saturated heterocycles. The van der Waals surface area contributed by atoms with Gasteiger partial charge in [0.15, 0.2) is 0 Å². The van der Waals surface area contributed by atoms with Crippen molar-refractivity contribution < 1.29 is 8.42 Å². The summed E-state index contributed by atoms with van der Waals surface area (Å²) in [5, 5.41) is 0. The summed E-state index contributed by atoms with van der Waals surface area (Å²) in [6, 6.07) is 0.163. The van der Waals surface area contributed by atoms with Gasteiger partial charge in [0.1, 0.15) is 0 Å². The molecule has 0 heterocycles. The van der Waals surface area contributed by atoms with Crippen LogP contribution in [0, 0.1) is 52.3 Å². The lowest BCUT2D eigenvalue weighted by Gasteiger charge is -2.61. The Bertz CT molecular complexity index is 763. The molecule has 4 aliphatic rings. The van der Waals surface area contributed by atoms with Crippen LogP contribution in [0.3, 0.4) is 0 Å². The smallest absolute Gasteiger partial charge is 0.208 e. The molecule has 4 heteroatoms. The second kappa shape index (κ2) is 9.17. The van der Waals surface area contributed by atoms with E-state index < -0.39 is 10.0 Å². The Labute approximate surface area is 199 Å². The predicted molar refractivity (Wildman–Crippen MR) is 135 cm³/mol. The van der Waals surface area contributed by atoms with Gasteiger partial charge in [-0.1, -0.05) is 53.9 Å². The summed E-state index contributed by atoms with van der Waals surface area (Å²) in [5.74, 6) is 6.07. The van der Waals surface area contributed by atoms with Gasteiger partial charge in [-0.3, -0.25) is 0 Å². The minimum Gasteiger partial charge on any atom is -0.213 e. The van der Waals surface area contributed by atoms with Gasteiger partial charge in [-0.2, -0.15) is 0 Å². The van der Waals surface area contributed by atoms with Crippen LogP contribution >= 0.6 is 0 Å². The molecule has 0 aliphatic heterocycles. The summed E-state index contributed by atoms with van der Waals surface area (Å²) in [6.07, 6.45) is 17.3. The Morgan fingerprint density at radius 3 is 2.25 bits per heavy atom. The van der Waals surface area contributed by atoms with Crippen LogP contribution in [0.2, 0.25) is 0 Å². The van der Waals surface area contributed by atoms with E-state index in [0.29, 0.717) is 16.7 Å². The van der Waals surface area contributed by atoms with Gasteiger partial charge in [-0.25, -0.2) is 13.1 Å². The minimum atomic E-state index is -3.10. The topological polar surface area (TPSA) is 46.2 Å². The Morgan fingerprint density at radius 1 is 0.875 bits per heavy atom. The molecule has 0 aromatic carbocycles. The van der Waals surface area contributed by atoms with Crippen LogP contribution in [0.5, 0.6) is 0 Å². The summed E-state index contributed by atoms with van der Waals surface area (Å²) in [5.41, 5.74) is 0.998. The van der Waals surface area contributed by atoms with Crippen molar-refractivity contribution in [3.8, 4) is 0 Å². The van der Waals surface area contributed by atoms with Gasteiger partial charge in [-0.05, 0) is 110 Å². The van der Waals surface area contributed by atoms with Gasteiger partial charge < -0.3 is 0 Å². The molecule has 4 saturated carbocycles. The van der Waals surface area contributed by atoms with E-state index in [2.05, 4.69) is 39.3 Å². The van der Waals surface area contributed by atoms with Crippen molar-refractivity contribution in [2.75, 3.05) is 6.26 Å². The minimum absolute atomic E-state index is 0.163. The van der Waals surface area contributed by atoms with E-state index in [1.807, 2.05) is 0 Å². The van der Waals surface area contributed by atoms with Gasteiger partial charge in [0, 0.05) is 6.04 Å². The Balaban J connectivity index is 1.43. The fourth-order valence-electron chi connectivity index (χ4n) is 9.69. The van der Waals surface area contributed by atoms with Crippen LogP contribution in [0.4, 0.5) is 0 Å². The van der Waals surface area contributed by atoms with E-state index in [0.717, 1.165) is 48.3 Å². The third-order valence-corrected chi connectivity index (χ3v) is 12.0. The summed E-state index contributed by atoms with van der Waals surface area (Å²) in [6.45, 7) is 12.6. The quantitative estimate of drug-likeness (QED) is 0.439. The Hall–Kier alpha value is -0.0900. The standard InChI is InChI=1S/C28H51NO2S/c1-19(2)8-7-9-20(3)24-12-13-25-23-11-10-21-18-22(29-32(6,30)31)14-16-27(21,4)26(23)15-17-28(24,25)5/h19-26,29H,7-18H2,1-6H3/t20-,21+,22-,23-,24+,25-,26-,27-,28+/m0/s1. The highest BCUT2D eigenvalue weighted by molar-refractivity contribution is 7.88. The highest BCUT2D eigenvalue weighted by atomic mass is 32.2. The predicted octanol–water partition coefficient (Wildman–Crippen LogP) is 7.03. The highest BCUT2D eigenvalue weighted by Crippen LogP contribution is 2.68. The highest BCUT2D eigenvalue weighted by Gasteiger charge is 2.60. The fourth-order valence-corrected chi connectivity index (χ4v) is 10.5. The summed E-state index contributed by atoms with van der Waals surface area (Å²) in [4.78, 5) is 0. The molecule has 4 rings (SSSR count). The van der Waals surface area contributed by atoms with Crippen molar-refractivity contribution in [2.45, 2.75) is 118 Å². The monoisotopic (exact) mass is 465 g/mol. The Morgan fingerprint density at radius 2 is 1.56 bits per heavy atom. The molecule has 9 atom stereocenters. The molecular formula is C28H51NO2S. The van der Waals surface area contributed by atoms with Crippen molar-refractivity contribution in [1.29, 1.82) is 0 Å². The van der Waals surface area contributed by atoms with Crippen LogP contribution in [0.15, 0.2) is 0 Å². The molecule has 4 aliphatic carbocycles. The van der Waals surface area contributed by atoms with Gasteiger partial charge in [0.25, 0.3) is 0 Å². The SMILES string of the molecule is CC(C)CCC[C@H](C)[C@H]1CC[C@H]2[C@@H]3CC[C@@H]4C[C@@H](NS(C)(=O)=O)CC[C@]4(C)[C@H]3CC[C@]12C. The van der Waals surface area contributed by atoms with E-state index in [4.69, 9.17) is 0 Å². The van der Waals surface area contributed by atoms with Crippen molar-refractivity contribution in [3.05, 3.63) is 0 Å². The number of fused-ring (bicyclic) bond motifs is 5. The molecule has 0 spiro atoms. The zero-order valence-electron chi connectivity index (χ0n) is 21.8. The molecule has 0 amide bonds. The first kappa shape index (κ1) is 25.0. The third kappa shape index (κ3) is 4.70. The molecule has 0 aromatic rings. The second-order valence-corrected chi connectivity index (χ2v) is 15.3.